The number of nitrogens with zero attached hydrogens (tertiary/aromatic N) is 2. The Balaban J connectivity index is 1.92. The second-order valence-corrected chi connectivity index (χ2v) is 5.16. The van der Waals surface area contributed by atoms with Gasteiger partial charge >= 0.3 is 0 Å². The summed E-state index contributed by atoms with van der Waals surface area (Å²) in [4.78, 5) is 12.6. The molecule has 1 amide bonds. The number of aromatic hydroxyl groups is 2. The smallest absolute Gasteiger partial charge is 0.278 e. The molecular formula is C17H16N2O5. The number of rotatable bonds is 4. The molecule has 0 atom stereocenters. The summed E-state index contributed by atoms with van der Waals surface area (Å²) in [5.41, 5.74) is 1.49. The molecule has 0 aliphatic carbocycles. The van der Waals surface area contributed by atoms with Gasteiger partial charge in [0.25, 0.3) is 5.91 Å². The average Bonchev–Trinajstić information content (AvgIpc) is 2.91. The molecule has 0 saturated carbocycles. The first-order valence-electron chi connectivity index (χ1n) is 7.17. The summed E-state index contributed by atoms with van der Waals surface area (Å²) in [5, 5.41) is 24.6. The predicted octanol–water partition coefficient (Wildman–Crippen LogP) is 2.10. The number of amides is 1. The molecule has 24 heavy (non-hydrogen) atoms. The number of hydrazone groups is 1. The Morgan fingerprint density at radius 1 is 1.17 bits per heavy atom. The Bertz CT molecular complexity index is 832. The van der Waals surface area contributed by atoms with Gasteiger partial charge in [0.1, 0.15) is 0 Å². The summed E-state index contributed by atoms with van der Waals surface area (Å²) in [6, 6.07) is 8.04. The highest BCUT2D eigenvalue weighted by atomic mass is 16.5. The molecule has 7 heteroatoms. The van der Waals surface area contributed by atoms with E-state index < -0.39 is 0 Å². The standard InChI is InChI=1S/C17H16N2O5/c1-23-13-7-6-11-9-19(17(22)14(11)16(13)24-2)18-8-10-4-3-5-12(20)15(10)21/h3-8,20-21H,9H2,1-2H3/b18-8+. The number of hydrogen-bond donors (Lipinski definition) is 2. The molecule has 0 fully saturated rings. The number of fused-ring (bicyclic) bond motifs is 1. The van der Waals surface area contributed by atoms with Crippen LogP contribution in [-0.2, 0) is 6.54 Å². The van der Waals surface area contributed by atoms with E-state index >= 15 is 0 Å². The Hall–Kier alpha value is -3.22. The van der Waals surface area contributed by atoms with E-state index in [0.717, 1.165) is 5.56 Å². The third-order valence-electron chi connectivity index (χ3n) is 3.78. The lowest BCUT2D eigenvalue weighted by molar-refractivity contribution is 0.0781. The molecule has 0 bridgehead atoms. The number of carbonyl (C=O) groups excluding carboxylic acids is 1. The van der Waals surface area contributed by atoms with E-state index in [4.69, 9.17) is 9.47 Å². The summed E-state index contributed by atoms with van der Waals surface area (Å²) in [6.45, 7) is 0.282. The molecule has 1 aliphatic heterocycles. The first-order valence-corrected chi connectivity index (χ1v) is 7.17. The number of phenols is 2. The zero-order valence-electron chi connectivity index (χ0n) is 13.2. The number of methoxy groups -OCH3 is 2. The highest BCUT2D eigenvalue weighted by molar-refractivity contribution is 6.02. The molecule has 0 radical (unpaired) electrons. The van der Waals surface area contributed by atoms with Crippen molar-refractivity contribution in [2.45, 2.75) is 6.54 Å². The highest BCUT2D eigenvalue weighted by Gasteiger charge is 2.32. The fraction of sp³-hybridized carbons (Fsp3) is 0.176. The van der Waals surface area contributed by atoms with Crippen molar-refractivity contribution in [3.05, 3.63) is 47.0 Å². The number of benzene rings is 2. The van der Waals surface area contributed by atoms with Gasteiger partial charge in [-0.1, -0.05) is 12.1 Å². The maximum absolute atomic E-state index is 12.6. The fourth-order valence-electron chi connectivity index (χ4n) is 2.57. The van der Waals surface area contributed by atoms with Crippen molar-refractivity contribution in [3.8, 4) is 23.0 Å². The highest BCUT2D eigenvalue weighted by Crippen LogP contribution is 2.38. The van der Waals surface area contributed by atoms with E-state index in [0.29, 0.717) is 22.6 Å². The molecule has 0 unspecified atom stereocenters. The van der Waals surface area contributed by atoms with Gasteiger partial charge in [-0.3, -0.25) is 4.79 Å². The first kappa shape index (κ1) is 15.7. The van der Waals surface area contributed by atoms with E-state index in [1.165, 1.54) is 31.5 Å². The van der Waals surface area contributed by atoms with Crippen LogP contribution < -0.4 is 9.47 Å². The van der Waals surface area contributed by atoms with Crippen LogP contribution in [0, 0.1) is 0 Å². The van der Waals surface area contributed by atoms with Gasteiger partial charge in [0.15, 0.2) is 23.0 Å². The van der Waals surface area contributed by atoms with E-state index in [1.54, 1.807) is 24.3 Å². The molecule has 1 aliphatic rings. The van der Waals surface area contributed by atoms with Gasteiger partial charge in [0, 0.05) is 5.56 Å². The van der Waals surface area contributed by atoms with Gasteiger partial charge in [-0.25, -0.2) is 5.01 Å². The lowest BCUT2D eigenvalue weighted by Gasteiger charge is -2.10. The van der Waals surface area contributed by atoms with Crippen molar-refractivity contribution >= 4 is 12.1 Å². The van der Waals surface area contributed by atoms with Gasteiger partial charge in [-0.2, -0.15) is 5.10 Å². The lowest BCUT2D eigenvalue weighted by Crippen LogP contribution is -2.18. The van der Waals surface area contributed by atoms with E-state index in [1.807, 2.05) is 0 Å². The SMILES string of the molecule is COc1ccc2c(c1OC)C(=O)N(/N=C/c1cccc(O)c1O)C2. The maximum atomic E-state index is 12.6. The van der Waals surface area contributed by atoms with Crippen LogP contribution in [-0.4, -0.2) is 41.6 Å². The van der Waals surface area contributed by atoms with Crippen molar-refractivity contribution in [2.24, 2.45) is 5.10 Å². The number of phenolic OH excluding ortho intramolecular Hbond substituents is 2. The largest absolute Gasteiger partial charge is 0.504 e. The third-order valence-corrected chi connectivity index (χ3v) is 3.78. The van der Waals surface area contributed by atoms with Crippen LogP contribution in [0.3, 0.4) is 0 Å². The molecule has 3 rings (SSSR count). The average molecular weight is 328 g/mol. The molecule has 124 valence electrons. The quantitative estimate of drug-likeness (QED) is 0.662. The molecule has 0 saturated heterocycles. The van der Waals surface area contributed by atoms with Gasteiger partial charge in [-0.05, 0) is 23.8 Å². The molecule has 7 nitrogen and oxygen atoms in total. The minimum atomic E-state index is -0.323. The van der Waals surface area contributed by atoms with Crippen molar-refractivity contribution in [3.63, 3.8) is 0 Å². The molecule has 2 aromatic carbocycles. The van der Waals surface area contributed by atoms with Crippen molar-refractivity contribution in [1.82, 2.24) is 5.01 Å². The van der Waals surface area contributed by atoms with Crippen LogP contribution in [0.2, 0.25) is 0 Å². The summed E-state index contributed by atoms with van der Waals surface area (Å²) < 4.78 is 10.5. The van der Waals surface area contributed by atoms with E-state index in [-0.39, 0.29) is 24.0 Å². The molecular weight excluding hydrogens is 312 g/mol. The first-order chi connectivity index (χ1) is 11.6. The molecule has 2 aromatic rings. The van der Waals surface area contributed by atoms with Crippen LogP contribution >= 0.6 is 0 Å². The Kier molecular flexibility index (Phi) is 3.99. The Morgan fingerprint density at radius 3 is 2.67 bits per heavy atom. The Labute approximate surface area is 138 Å². The van der Waals surface area contributed by atoms with Crippen molar-refractivity contribution in [2.75, 3.05) is 14.2 Å². The van der Waals surface area contributed by atoms with Gasteiger partial charge in [0.05, 0.1) is 32.5 Å². The van der Waals surface area contributed by atoms with Crippen LogP contribution in [0.25, 0.3) is 0 Å². The molecule has 0 spiro atoms. The van der Waals surface area contributed by atoms with E-state index in [2.05, 4.69) is 5.10 Å². The normalized spacial score (nSPS) is 13.4. The molecule has 2 N–H and O–H groups in total. The summed E-state index contributed by atoms with van der Waals surface area (Å²) >= 11 is 0. The maximum Gasteiger partial charge on any atom is 0.278 e. The zero-order chi connectivity index (χ0) is 17.3. The number of ether oxygens (including phenoxy) is 2. The van der Waals surface area contributed by atoms with Crippen LogP contribution in [0.5, 0.6) is 23.0 Å². The third kappa shape index (κ3) is 2.50. The zero-order valence-corrected chi connectivity index (χ0v) is 13.2. The molecule has 0 aromatic heterocycles. The van der Waals surface area contributed by atoms with Gasteiger partial charge < -0.3 is 19.7 Å². The van der Waals surface area contributed by atoms with E-state index in [9.17, 15) is 15.0 Å². The summed E-state index contributed by atoms with van der Waals surface area (Å²) in [7, 11) is 2.98. The van der Waals surface area contributed by atoms with Crippen LogP contribution in [0.1, 0.15) is 21.5 Å². The fourth-order valence-corrected chi connectivity index (χ4v) is 2.57. The minimum Gasteiger partial charge on any atom is -0.504 e. The summed E-state index contributed by atoms with van der Waals surface area (Å²) in [5.74, 6) is -0.0124. The van der Waals surface area contributed by atoms with Gasteiger partial charge in [0.2, 0.25) is 0 Å². The number of carbonyl (C=O) groups is 1. The number of hydrogen-bond acceptors (Lipinski definition) is 6. The topological polar surface area (TPSA) is 91.6 Å². The summed E-state index contributed by atoms with van der Waals surface area (Å²) in [6.07, 6.45) is 1.32. The van der Waals surface area contributed by atoms with Gasteiger partial charge in [-0.15, -0.1) is 0 Å². The predicted molar refractivity (Wildman–Crippen MR) is 86.8 cm³/mol. The Morgan fingerprint density at radius 2 is 1.96 bits per heavy atom. The molecule has 1 heterocycles. The van der Waals surface area contributed by atoms with Crippen LogP contribution in [0.4, 0.5) is 0 Å². The van der Waals surface area contributed by atoms with Crippen molar-refractivity contribution in [1.29, 1.82) is 0 Å². The monoisotopic (exact) mass is 328 g/mol. The number of para-hydroxylation sites is 1. The second-order valence-electron chi connectivity index (χ2n) is 5.16. The minimum absolute atomic E-state index is 0.249. The lowest BCUT2D eigenvalue weighted by atomic mass is 10.1. The van der Waals surface area contributed by atoms with Crippen LogP contribution in [0.15, 0.2) is 35.4 Å². The second kappa shape index (κ2) is 6.11. The van der Waals surface area contributed by atoms with Crippen molar-refractivity contribution < 1.29 is 24.5 Å².